The molecule has 0 unspecified atom stereocenters. The highest BCUT2D eigenvalue weighted by Gasteiger charge is 2.16. The van der Waals surface area contributed by atoms with Crippen LogP contribution in [0.15, 0.2) is 78.9 Å². The number of morpholine rings is 1. The van der Waals surface area contributed by atoms with Gasteiger partial charge in [-0.05, 0) is 42.0 Å². The average Bonchev–Trinajstić information content (AvgIpc) is 3.18. The summed E-state index contributed by atoms with van der Waals surface area (Å²) in [5, 5.41) is 3.02. The molecule has 156 valence electrons. The van der Waals surface area contributed by atoms with Gasteiger partial charge in [0.2, 0.25) is 5.95 Å². The minimum atomic E-state index is -0.170. The highest BCUT2D eigenvalue weighted by Crippen LogP contribution is 2.25. The average molecular weight is 412 g/mol. The molecule has 6 heteroatoms. The van der Waals surface area contributed by atoms with Gasteiger partial charge in [-0.3, -0.25) is 19.6 Å². The molecule has 1 saturated heterocycles. The van der Waals surface area contributed by atoms with Crippen LogP contribution < -0.4 is 5.32 Å². The summed E-state index contributed by atoms with van der Waals surface area (Å²) in [7, 11) is 0. The molecule has 5 rings (SSSR count). The van der Waals surface area contributed by atoms with E-state index in [0.717, 1.165) is 55.1 Å². The van der Waals surface area contributed by atoms with E-state index in [-0.39, 0.29) is 5.91 Å². The third-order valence-corrected chi connectivity index (χ3v) is 5.50. The number of nitrogens with zero attached hydrogens (tertiary/aromatic N) is 3. The molecule has 0 bridgehead atoms. The number of carbonyl (C=O) groups excluding carboxylic acids is 1. The maximum atomic E-state index is 13.1. The van der Waals surface area contributed by atoms with Crippen molar-refractivity contribution in [2.24, 2.45) is 0 Å². The Morgan fingerprint density at radius 2 is 1.71 bits per heavy atom. The molecule has 1 aromatic heterocycles. The highest BCUT2D eigenvalue weighted by atomic mass is 16.5. The Kier molecular flexibility index (Phi) is 5.48. The van der Waals surface area contributed by atoms with Crippen molar-refractivity contribution in [1.82, 2.24) is 14.5 Å². The van der Waals surface area contributed by atoms with Crippen LogP contribution >= 0.6 is 0 Å². The second kappa shape index (κ2) is 8.71. The lowest BCUT2D eigenvalue weighted by Gasteiger charge is -2.26. The van der Waals surface area contributed by atoms with Crippen molar-refractivity contribution in [3.63, 3.8) is 0 Å². The van der Waals surface area contributed by atoms with Gasteiger partial charge in [-0.1, -0.05) is 42.5 Å². The second-order valence-electron chi connectivity index (χ2n) is 7.64. The number of fused-ring (bicyclic) bond motifs is 1. The van der Waals surface area contributed by atoms with E-state index in [9.17, 15) is 4.79 Å². The molecule has 4 aromatic rings. The summed E-state index contributed by atoms with van der Waals surface area (Å²) in [5.74, 6) is 0.340. The summed E-state index contributed by atoms with van der Waals surface area (Å²) < 4.78 is 7.40. The number of hydrogen-bond acceptors (Lipinski definition) is 4. The zero-order valence-electron chi connectivity index (χ0n) is 17.2. The molecule has 3 aromatic carbocycles. The lowest BCUT2D eigenvalue weighted by molar-refractivity contribution is 0.0342. The number of anilines is 1. The van der Waals surface area contributed by atoms with Gasteiger partial charge in [-0.2, -0.15) is 0 Å². The van der Waals surface area contributed by atoms with E-state index in [1.807, 2.05) is 77.4 Å². The van der Waals surface area contributed by atoms with Crippen LogP contribution in [0, 0.1) is 0 Å². The first kappa shape index (κ1) is 19.5. The minimum Gasteiger partial charge on any atom is -0.379 e. The summed E-state index contributed by atoms with van der Waals surface area (Å²) in [6, 6.07) is 25.6. The zero-order valence-corrected chi connectivity index (χ0v) is 17.2. The molecule has 1 aliphatic heterocycles. The van der Waals surface area contributed by atoms with E-state index in [4.69, 9.17) is 4.74 Å². The van der Waals surface area contributed by atoms with Gasteiger partial charge < -0.3 is 4.74 Å². The smallest absolute Gasteiger partial charge is 0.257 e. The van der Waals surface area contributed by atoms with Crippen LogP contribution in [0.5, 0.6) is 0 Å². The molecule has 0 atom stereocenters. The van der Waals surface area contributed by atoms with Gasteiger partial charge in [-0.25, -0.2) is 4.98 Å². The molecule has 31 heavy (non-hydrogen) atoms. The van der Waals surface area contributed by atoms with Gasteiger partial charge >= 0.3 is 0 Å². The number of rotatable bonds is 5. The van der Waals surface area contributed by atoms with E-state index in [1.165, 1.54) is 0 Å². The first-order chi connectivity index (χ1) is 15.3. The number of carbonyl (C=O) groups is 1. The van der Waals surface area contributed by atoms with Gasteiger partial charge in [0.05, 0.1) is 24.2 Å². The van der Waals surface area contributed by atoms with Crippen molar-refractivity contribution in [2.75, 3.05) is 31.6 Å². The highest BCUT2D eigenvalue weighted by molar-refractivity contribution is 6.04. The molecule has 1 amide bonds. The van der Waals surface area contributed by atoms with Crippen molar-refractivity contribution in [1.29, 1.82) is 0 Å². The van der Waals surface area contributed by atoms with Crippen molar-refractivity contribution in [3.8, 4) is 5.69 Å². The largest absolute Gasteiger partial charge is 0.379 e. The van der Waals surface area contributed by atoms with Gasteiger partial charge in [-0.15, -0.1) is 0 Å². The lowest BCUT2D eigenvalue weighted by atomic mass is 10.1. The number of ether oxygens (including phenoxy) is 1. The van der Waals surface area contributed by atoms with E-state index < -0.39 is 0 Å². The lowest BCUT2D eigenvalue weighted by Crippen LogP contribution is -2.35. The van der Waals surface area contributed by atoms with Crippen LogP contribution in [0.3, 0.4) is 0 Å². The quantitative estimate of drug-likeness (QED) is 0.536. The van der Waals surface area contributed by atoms with Crippen LogP contribution in [-0.4, -0.2) is 46.7 Å². The fraction of sp³-hybridized carbons (Fsp3) is 0.200. The van der Waals surface area contributed by atoms with Gasteiger partial charge in [0.15, 0.2) is 0 Å². The van der Waals surface area contributed by atoms with Crippen molar-refractivity contribution in [3.05, 3.63) is 90.0 Å². The monoisotopic (exact) mass is 412 g/mol. The number of aromatic nitrogens is 2. The van der Waals surface area contributed by atoms with Crippen LogP contribution in [0.2, 0.25) is 0 Å². The van der Waals surface area contributed by atoms with Gasteiger partial charge in [0.25, 0.3) is 5.91 Å². The summed E-state index contributed by atoms with van der Waals surface area (Å²) in [6.45, 7) is 4.16. The molecular weight excluding hydrogens is 388 g/mol. The molecule has 6 nitrogen and oxygen atoms in total. The predicted octanol–water partition coefficient (Wildman–Crippen LogP) is 4.11. The number of nitrogens with one attached hydrogen (secondary N) is 1. The maximum Gasteiger partial charge on any atom is 0.257 e. The molecule has 1 N–H and O–H groups in total. The standard InChI is InChI=1S/C25H24N4O2/c30-24(20-8-6-7-19(17-20)18-28-13-15-31-16-14-28)27-25-26-22-11-4-5-12-23(22)29(25)21-9-2-1-3-10-21/h1-12,17H,13-16,18H2,(H,26,27,30). The fourth-order valence-electron chi connectivity index (χ4n) is 3.95. The second-order valence-corrected chi connectivity index (χ2v) is 7.64. The van der Waals surface area contributed by atoms with Crippen LogP contribution in [0.25, 0.3) is 16.7 Å². The normalized spacial score (nSPS) is 14.6. The van der Waals surface area contributed by atoms with Crippen molar-refractivity contribution in [2.45, 2.75) is 6.54 Å². The van der Waals surface area contributed by atoms with Crippen molar-refractivity contribution < 1.29 is 9.53 Å². The fourth-order valence-corrected chi connectivity index (χ4v) is 3.95. The maximum absolute atomic E-state index is 13.1. The van der Waals surface area contributed by atoms with E-state index in [1.54, 1.807) is 0 Å². The topological polar surface area (TPSA) is 59.4 Å². The van der Waals surface area contributed by atoms with E-state index in [2.05, 4.69) is 21.3 Å². The van der Waals surface area contributed by atoms with Gasteiger partial charge in [0, 0.05) is 30.9 Å². The Hall–Kier alpha value is -3.48. The van der Waals surface area contributed by atoms with E-state index in [0.29, 0.717) is 11.5 Å². The Labute approximate surface area is 181 Å². The van der Waals surface area contributed by atoms with Gasteiger partial charge in [0.1, 0.15) is 0 Å². The molecule has 0 saturated carbocycles. The summed E-state index contributed by atoms with van der Waals surface area (Å²) >= 11 is 0. The molecule has 0 spiro atoms. The molecule has 2 heterocycles. The number of amides is 1. The van der Waals surface area contributed by atoms with Crippen molar-refractivity contribution >= 4 is 22.9 Å². The zero-order chi connectivity index (χ0) is 21.0. The summed E-state index contributed by atoms with van der Waals surface area (Å²) in [4.78, 5) is 20.1. The third kappa shape index (κ3) is 4.21. The van der Waals surface area contributed by atoms with Crippen LogP contribution in [0.1, 0.15) is 15.9 Å². The van der Waals surface area contributed by atoms with Crippen LogP contribution in [-0.2, 0) is 11.3 Å². The minimum absolute atomic E-state index is 0.170. The number of imidazole rings is 1. The Balaban J connectivity index is 1.43. The summed E-state index contributed by atoms with van der Waals surface area (Å²) in [5.41, 5.74) is 4.48. The predicted molar refractivity (Wildman–Crippen MR) is 122 cm³/mol. The first-order valence-electron chi connectivity index (χ1n) is 10.5. The number of benzene rings is 3. The van der Waals surface area contributed by atoms with E-state index >= 15 is 0 Å². The molecule has 0 radical (unpaired) electrons. The molecule has 1 aliphatic rings. The third-order valence-electron chi connectivity index (χ3n) is 5.50. The number of para-hydroxylation sites is 3. The molecule has 1 fully saturated rings. The Morgan fingerprint density at radius 3 is 2.55 bits per heavy atom. The Morgan fingerprint density at radius 1 is 0.935 bits per heavy atom. The molecular formula is C25H24N4O2. The Bertz CT molecular complexity index is 1200. The number of hydrogen-bond donors (Lipinski definition) is 1. The van der Waals surface area contributed by atoms with Crippen LogP contribution in [0.4, 0.5) is 5.95 Å². The first-order valence-corrected chi connectivity index (χ1v) is 10.5. The summed E-state index contributed by atoms with van der Waals surface area (Å²) in [6.07, 6.45) is 0. The SMILES string of the molecule is O=C(Nc1nc2ccccc2n1-c1ccccc1)c1cccc(CN2CCOCC2)c1. The molecule has 0 aliphatic carbocycles.